The Balaban J connectivity index is 1.50. The number of nitrogens with zero attached hydrogens (tertiary/aromatic N) is 1. The molecule has 3 N–H and O–H groups in total. The summed E-state index contributed by atoms with van der Waals surface area (Å²) in [5, 5.41) is 11.4. The number of halogens is 1. The van der Waals surface area contributed by atoms with E-state index in [4.69, 9.17) is 0 Å². The molecule has 0 saturated heterocycles. The number of thiophene rings is 1. The number of sulfonamides is 1. The second kappa shape index (κ2) is 7.77. The number of aromatic amines is 1. The fraction of sp³-hybridized carbons (Fsp3) is 0.125. The summed E-state index contributed by atoms with van der Waals surface area (Å²) in [6, 6.07) is 9.97. The first-order valence-electron chi connectivity index (χ1n) is 7.58. The molecule has 10 heteroatoms. The molecule has 0 radical (unpaired) electrons. The van der Waals surface area contributed by atoms with Crippen LogP contribution in [0.2, 0.25) is 0 Å². The molecule has 0 aliphatic heterocycles. The molecular formula is C16H15FN4O3S2. The van der Waals surface area contributed by atoms with Crippen molar-refractivity contribution in [2.75, 3.05) is 11.9 Å². The lowest BCUT2D eigenvalue weighted by atomic mass is 10.3. The lowest BCUT2D eigenvalue weighted by Gasteiger charge is -2.06. The van der Waals surface area contributed by atoms with Crippen LogP contribution in [0.25, 0.3) is 10.6 Å². The Morgan fingerprint density at radius 1 is 1.23 bits per heavy atom. The summed E-state index contributed by atoms with van der Waals surface area (Å²) >= 11 is 1.54. The number of anilines is 1. The predicted molar refractivity (Wildman–Crippen MR) is 96.7 cm³/mol. The van der Waals surface area contributed by atoms with E-state index in [1.807, 2.05) is 17.5 Å². The third kappa shape index (κ3) is 4.54. The Hall–Kier alpha value is -2.56. The van der Waals surface area contributed by atoms with Crippen LogP contribution in [0.5, 0.6) is 0 Å². The smallest absolute Gasteiger partial charge is 0.240 e. The fourth-order valence-corrected chi connectivity index (χ4v) is 3.87. The van der Waals surface area contributed by atoms with Gasteiger partial charge in [-0.15, -0.1) is 11.3 Å². The zero-order valence-corrected chi connectivity index (χ0v) is 15.0. The van der Waals surface area contributed by atoms with Gasteiger partial charge in [0.2, 0.25) is 15.9 Å². The van der Waals surface area contributed by atoms with Crippen LogP contribution < -0.4 is 10.0 Å². The van der Waals surface area contributed by atoms with Gasteiger partial charge in [-0.2, -0.15) is 5.10 Å². The zero-order chi connectivity index (χ0) is 18.6. The molecule has 7 nitrogen and oxygen atoms in total. The maximum absolute atomic E-state index is 12.9. The minimum atomic E-state index is -3.79. The minimum Gasteiger partial charge on any atom is -0.309 e. The van der Waals surface area contributed by atoms with Crippen molar-refractivity contribution >= 4 is 33.1 Å². The number of nitrogens with one attached hydrogen (secondary N) is 3. The van der Waals surface area contributed by atoms with E-state index >= 15 is 0 Å². The Morgan fingerprint density at radius 2 is 2.00 bits per heavy atom. The molecule has 0 aliphatic rings. The lowest BCUT2D eigenvalue weighted by molar-refractivity contribution is -0.116. The van der Waals surface area contributed by atoms with Gasteiger partial charge in [0.1, 0.15) is 5.82 Å². The molecule has 2 heterocycles. The van der Waals surface area contributed by atoms with Crippen molar-refractivity contribution in [1.82, 2.24) is 14.9 Å². The monoisotopic (exact) mass is 394 g/mol. The summed E-state index contributed by atoms with van der Waals surface area (Å²) in [6.07, 6.45) is -0.0678. The van der Waals surface area contributed by atoms with Crippen LogP contribution in [-0.2, 0) is 14.8 Å². The van der Waals surface area contributed by atoms with Crippen molar-refractivity contribution in [2.24, 2.45) is 0 Å². The Morgan fingerprint density at radius 3 is 2.69 bits per heavy atom. The molecular weight excluding hydrogens is 379 g/mol. The highest BCUT2D eigenvalue weighted by Crippen LogP contribution is 2.24. The molecule has 2 aromatic heterocycles. The number of benzene rings is 1. The number of hydrogen-bond donors (Lipinski definition) is 3. The molecule has 3 rings (SSSR count). The van der Waals surface area contributed by atoms with Crippen molar-refractivity contribution in [2.45, 2.75) is 11.3 Å². The molecule has 0 spiro atoms. The number of carbonyl (C=O) groups excluding carboxylic acids is 1. The maximum atomic E-state index is 12.9. The van der Waals surface area contributed by atoms with E-state index in [9.17, 15) is 17.6 Å². The van der Waals surface area contributed by atoms with E-state index < -0.39 is 15.8 Å². The number of H-pyrrole nitrogens is 1. The van der Waals surface area contributed by atoms with Crippen LogP contribution in [0.3, 0.4) is 0 Å². The molecule has 0 unspecified atom stereocenters. The summed E-state index contributed by atoms with van der Waals surface area (Å²) in [7, 11) is -3.79. The Kier molecular flexibility index (Phi) is 5.45. The van der Waals surface area contributed by atoms with Crippen LogP contribution in [0.4, 0.5) is 10.2 Å². The van der Waals surface area contributed by atoms with Crippen molar-refractivity contribution < 1.29 is 17.6 Å². The van der Waals surface area contributed by atoms with E-state index in [1.165, 1.54) is 11.3 Å². The van der Waals surface area contributed by atoms with E-state index in [-0.39, 0.29) is 23.8 Å². The second-order valence-electron chi connectivity index (χ2n) is 5.29. The molecule has 3 aromatic rings. The first-order chi connectivity index (χ1) is 12.4. The highest BCUT2D eigenvalue weighted by atomic mass is 32.2. The van der Waals surface area contributed by atoms with Crippen LogP contribution >= 0.6 is 11.3 Å². The van der Waals surface area contributed by atoms with Crippen LogP contribution in [0, 0.1) is 5.82 Å². The average molecular weight is 394 g/mol. The average Bonchev–Trinajstić information content (AvgIpc) is 3.26. The van der Waals surface area contributed by atoms with Gasteiger partial charge in [-0.25, -0.2) is 17.5 Å². The number of amides is 1. The molecule has 0 bridgehead atoms. The van der Waals surface area contributed by atoms with Gasteiger partial charge in [-0.1, -0.05) is 6.07 Å². The Bertz CT molecular complexity index is 983. The van der Waals surface area contributed by atoms with Gasteiger partial charge in [0.15, 0.2) is 5.82 Å². The van der Waals surface area contributed by atoms with Crippen molar-refractivity contribution in [3.05, 3.63) is 53.7 Å². The normalized spacial score (nSPS) is 11.4. The van der Waals surface area contributed by atoms with Gasteiger partial charge < -0.3 is 5.32 Å². The molecule has 0 fully saturated rings. The van der Waals surface area contributed by atoms with Gasteiger partial charge >= 0.3 is 0 Å². The van der Waals surface area contributed by atoms with E-state index in [0.29, 0.717) is 5.82 Å². The van der Waals surface area contributed by atoms with Crippen LogP contribution in [-0.4, -0.2) is 31.1 Å². The van der Waals surface area contributed by atoms with Gasteiger partial charge in [-0.05, 0) is 35.7 Å². The first kappa shape index (κ1) is 18.2. The molecule has 0 aliphatic carbocycles. The highest BCUT2D eigenvalue weighted by molar-refractivity contribution is 7.89. The number of hydrogen-bond acceptors (Lipinski definition) is 5. The maximum Gasteiger partial charge on any atom is 0.240 e. The quantitative estimate of drug-likeness (QED) is 0.573. The third-order valence-corrected chi connectivity index (χ3v) is 5.78. The topological polar surface area (TPSA) is 104 Å². The summed E-state index contributed by atoms with van der Waals surface area (Å²) in [5.74, 6) is -0.542. The standard InChI is InChI=1S/C16H15FN4O3S2/c17-11-3-5-12(6-4-11)26(23,24)18-8-7-16(22)19-15-10-13(20-21-15)14-2-1-9-25-14/h1-6,9-10,18H,7-8H2,(H2,19,20,21,22). The van der Waals surface area contributed by atoms with Crippen LogP contribution in [0.1, 0.15) is 6.42 Å². The largest absolute Gasteiger partial charge is 0.309 e. The third-order valence-electron chi connectivity index (χ3n) is 3.40. The molecule has 26 heavy (non-hydrogen) atoms. The van der Waals surface area contributed by atoms with Crippen molar-refractivity contribution in [3.8, 4) is 10.6 Å². The van der Waals surface area contributed by atoms with E-state index in [1.54, 1.807) is 6.07 Å². The SMILES string of the molecule is O=C(CCNS(=O)(=O)c1ccc(F)cc1)Nc1cc(-c2cccs2)[nH]n1. The van der Waals surface area contributed by atoms with Crippen molar-refractivity contribution in [1.29, 1.82) is 0 Å². The van der Waals surface area contributed by atoms with Gasteiger partial charge in [0, 0.05) is 19.0 Å². The Labute approximate surface area is 153 Å². The molecule has 0 atom stereocenters. The predicted octanol–water partition coefficient (Wildman–Crippen LogP) is 2.58. The van der Waals surface area contributed by atoms with E-state index in [2.05, 4.69) is 20.2 Å². The summed E-state index contributed by atoms with van der Waals surface area (Å²) in [5.41, 5.74) is 0.785. The second-order valence-corrected chi connectivity index (χ2v) is 8.01. The van der Waals surface area contributed by atoms with Gasteiger partial charge in [0.25, 0.3) is 0 Å². The minimum absolute atomic E-state index is 0.0628. The van der Waals surface area contributed by atoms with Crippen molar-refractivity contribution in [3.63, 3.8) is 0 Å². The van der Waals surface area contributed by atoms with Gasteiger partial charge in [-0.3, -0.25) is 9.89 Å². The summed E-state index contributed by atoms with van der Waals surface area (Å²) < 4.78 is 39.2. The highest BCUT2D eigenvalue weighted by Gasteiger charge is 2.14. The molecule has 1 amide bonds. The fourth-order valence-electron chi connectivity index (χ4n) is 2.15. The molecule has 136 valence electrons. The first-order valence-corrected chi connectivity index (χ1v) is 9.95. The van der Waals surface area contributed by atoms with E-state index in [0.717, 1.165) is 34.8 Å². The zero-order valence-electron chi connectivity index (χ0n) is 13.4. The number of rotatable bonds is 7. The number of aromatic nitrogens is 2. The lowest BCUT2D eigenvalue weighted by Crippen LogP contribution is -2.27. The number of carbonyl (C=O) groups is 1. The molecule has 0 saturated carbocycles. The summed E-state index contributed by atoms with van der Waals surface area (Å²) in [6.45, 7) is -0.0895. The van der Waals surface area contributed by atoms with Gasteiger partial charge in [0.05, 0.1) is 15.5 Å². The summed E-state index contributed by atoms with van der Waals surface area (Å²) in [4.78, 5) is 12.9. The van der Waals surface area contributed by atoms with Crippen LogP contribution in [0.15, 0.2) is 52.7 Å². The molecule has 1 aromatic carbocycles.